The molecule has 2 fully saturated rings. The number of carbonyl (C=O) groups is 2. The number of hydrogen-bond donors (Lipinski definition) is 0. The molecule has 0 radical (unpaired) electrons. The van der Waals surface area contributed by atoms with Crippen LogP contribution in [0, 0.1) is 46.3 Å². The summed E-state index contributed by atoms with van der Waals surface area (Å²) >= 11 is 0. The van der Waals surface area contributed by atoms with Gasteiger partial charge in [-0.05, 0) is 91.3 Å². The SMILES string of the molecule is CC(=O)OC1CCC2(C)C3=C(CC[C@H]2C1)C1CCC([C@H](C)/C=C/[C@H](C)C(C)C)C1(C)CC3=O. The molecule has 0 aliphatic heterocycles. The number of ketones is 1. The summed E-state index contributed by atoms with van der Waals surface area (Å²) in [6, 6.07) is 0. The Kier molecular flexibility index (Phi) is 6.75. The third kappa shape index (κ3) is 4.27. The highest BCUT2D eigenvalue weighted by Gasteiger charge is 2.58. The predicted molar refractivity (Wildman–Crippen MR) is 134 cm³/mol. The van der Waals surface area contributed by atoms with E-state index >= 15 is 0 Å². The van der Waals surface area contributed by atoms with Gasteiger partial charge in [0.05, 0.1) is 0 Å². The fourth-order valence-electron chi connectivity index (χ4n) is 8.23. The Hall–Kier alpha value is -1.38. The number of Topliss-reactive ketones (excluding diaryl/α,β-unsaturated/α-hetero) is 1. The highest BCUT2D eigenvalue weighted by Crippen LogP contribution is 2.65. The summed E-state index contributed by atoms with van der Waals surface area (Å²) in [7, 11) is 0. The summed E-state index contributed by atoms with van der Waals surface area (Å²) in [5.41, 5.74) is 2.80. The van der Waals surface area contributed by atoms with Gasteiger partial charge in [0.15, 0.2) is 5.78 Å². The zero-order chi connectivity index (χ0) is 24.1. The van der Waals surface area contributed by atoms with Crippen molar-refractivity contribution in [3.63, 3.8) is 0 Å². The Labute approximate surface area is 201 Å². The third-order valence-corrected chi connectivity index (χ3v) is 10.5. The van der Waals surface area contributed by atoms with Crippen LogP contribution in [0.5, 0.6) is 0 Å². The molecule has 4 aliphatic carbocycles. The molecule has 0 aromatic heterocycles. The molecule has 0 bridgehead atoms. The molecule has 0 aromatic carbocycles. The lowest BCUT2D eigenvalue weighted by Crippen LogP contribution is -2.49. The highest BCUT2D eigenvalue weighted by molar-refractivity contribution is 5.99. The minimum atomic E-state index is -0.174. The topological polar surface area (TPSA) is 43.4 Å². The average molecular weight is 455 g/mol. The van der Waals surface area contributed by atoms with E-state index in [1.54, 1.807) is 0 Å². The standard InChI is InChI=1S/C30H46O3/c1-18(2)19(3)8-9-20(4)25-12-13-26-24-11-10-22-16-23(33-21(5)31)14-15-29(22,6)28(24)27(32)17-30(25,26)7/h8-9,18-20,22-23,25-26H,10-17H2,1-7H3/b9-8+/t19-,20+,22-,23?,25?,26?,29?,30?/m0/s1. The van der Waals surface area contributed by atoms with Gasteiger partial charge in [0, 0.05) is 18.9 Å². The molecule has 0 N–H and O–H groups in total. The number of carbonyl (C=O) groups excluding carboxylic acids is 2. The van der Waals surface area contributed by atoms with Gasteiger partial charge in [0.2, 0.25) is 0 Å². The molecule has 33 heavy (non-hydrogen) atoms. The summed E-state index contributed by atoms with van der Waals surface area (Å²) in [5.74, 6) is 3.64. The van der Waals surface area contributed by atoms with Crippen LogP contribution in [0.1, 0.15) is 99.8 Å². The van der Waals surface area contributed by atoms with Crippen LogP contribution in [0.3, 0.4) is 0 Å². The second-order valence-corrected chi connectivity index (χ2v) is 12.7. The number of fused-ring (bicyclic) bond motifs is 4. The van der Waals surface area contributed by atoms with Crippen molar-refractivity contribution in [3.05, 3.63) is 23.3 Å². The number of allylic oxidation sites excluding steroid dienone is 4. The van der Waals surface area contributed by atoms with Crippen molar-refractivity contribution in [1.29, 1.82) is 0 Å². The molecule has 2 saturated carbocycles. The molecular formula is C30H46O3. The molecule has 0 heterocycles. The van der Waals surface area contributed by atoms with Gasteiger partial charge in [-0.2, -0.15) is 0 Å². The van der Waals surface area contributed by atoms with E-state index in [1.807, 2.05) is 0 Å². The summed E-state index contributed by atoms with van der Waals surface area (Å²) in [4.78, 5) is 25.4. The molecule has 4 rings (SSSR count). The average Bonchev–Trinajstić information content (AvgIpc) is 3.07. The van der Waals surface area contributed by atoms with E-state index in [9.17, 15) is 9.59 Å². The number of hydrogen-bond acceptors (Lipinski definition) is 3. The van der Waals surface area contributed by atoms with E-state index in [-0.39, 0.29) is 22.9 Å². The second-order valence-electron chi connectivity index (χ2n) is 12.7. The normalized spacial score (nSPS) is 40.4. The summed E-state index contributed by atoms with van der Waals surface area (Å²) in [6.07, 6.45) is 13.1. The van der Waals surface area contributed by atoms with Gasteiger partial charge in [0.25, 0.3) is 0 Å². The zero-order valence-corrected chi connectivity index (χ0v) is 22.1. The fraction of sp³-hybridized carbons (Fsp3) is 0.800. The van der Waals surface area contributed by atoms with Crippen molar-refractivity contribution in [3.8, 4) is 0 Å². The lowest BCUT2D eigenvalue weighted by molar-refractivity contribution is -0.151. The van der Waals surface area contributed by atoms with Crippen LogP contribution in [0.25, 0.3) is 0 Å². The van der Waals surface area contributed by atoms with E-state index in [4.69, 9.17) is 4.74 Å². The maximum absolute atomic E-state index is 13.9. The number of esters is 1. The van der Waals surface area contributed by atoms with E-state index in [0.717, 1.165) is 38.5 Å². The van der Waals surface area contributed by atoms with Crippen LogP contribution in [-0.4, -0.2) is 17.9 Å². The molecule has 0 saturated heterocycles. The monoisotopic (exact) mass is 454 g/mol. The van der Waals surface area contributed by atoms with Crippen LogP contribution < -0.4 is 0 Å². The van der Waals surface area contributed by atoms with Crippen molar-refractivity contribution in [2.75, 3.05) is 0 Å². The minimum Gasteiger partial charge on any atom is -0.463 e. The molecule has 0 aromatic rings. The fourth-order valence-corrected chi connectivity index (χ4v) is 8.23. The van der Waals surface area contributed by atoms with Gasteiger partial charge < -0.3 is 4.74 Å². The van der Waals surface area contributed by atoms with Crippen LogP contribution in [0.2, 0.25) is 0 Å². The molecule has 4 aliphatic rings. The molecule has 184 valence electrons. The smallest absolute Gasteiger partial charge is 0.302 e. The van der Waals surface area contributed by atoms with E-state index in [1.165, 1.54) is 30.9 Å². The lowest BCUT2D eigenvalue weighted by Gasteiger charge is -2.54. The lowest BCUT2D eigenvalue weighted by atomic mass is 9.50. The Morgan fingerprint density at radius 3 is 2.45 bits per heavy atom. The van der Waals surface area contributed by atoms with Gasteiger partial charge in [0.1, 0.15) is 6.10 Å². The van der Waals surface area contributed by atoms with Gasteiger partial charge in [-0.25, -0.2) is 0 Å². The van der Waals surface area contributed by atoms with Crippen LogP contribution in [0.15, 0.2) is 23.3 Å². The first kappa shape index (κ1) is 24.7. The van der Waals surface area contributed by atoms with E-state index in [2.05, 4.69) is 53.7 Å². The van der Waals surface area contributed by atoms with Crippen molar-refractivity contribution in [1.82, 2.24) is 0 Å². The Bertz CT molecular complexity index is 851. The van der Waals surface area contributed by atoms with Gasteiger partial charge in [-0.3, -0.25) is 9.59 Å². The van der Waals surface area contributed by atoms with Crippen molar-refractivity contribution in [2.24, 2.45) is 46.3 Å². The largest absolute Gasteiger partial charge is 0.463 e. The van der Waals surface area contributed by atoms with Gasteiger partial charge in [-0.1, -0.05) is 59.3 Å². The van der Waals surface area contributed by atoms with Crippen LogP contribution in [-0.2, 0) is 14.3 Å². The number of ether oxygens (including phenoxy) is 1. The zero-order valence-electron chi connectivity index (χ0n) is 22.1. The van der Waals surface area contributed by atoms with Crippen molar-refractivity contribution < 1.29 is 14.3 Å². The first-order valence-electron chi connectivity index (χ1n) is 13.6. The van der Waals surface area contributed by atoms with Crippen molar-refractivity contribution in [2.45, 2.75) is 106 Å². The molecule has 3 nitrogen and oxygen atoms in total. The third-order valence-electron chi connectivity index (χ3n) is 10.5. The van der Waals surface area contributed by atoms with E-state index < -0.39 is 0 Å². The molecule has 0 amide bonds. The van der Waals surface area contributed by atoms with Gasteiger partial charge >= 0.3 is 5.97 Å². The van der Waals surface area contributed by atoms with Crippen molar-refractivity contribution >= 4 is 11.8 Å². The second kappa shape index (κ2) is 9.00. The first-order valence-corrected chi connectivity index (χ1v) is 13.6. The van der Waals surface area contributed by atoms with Gasteiger partial charge in [-0.15, -0.1) is 0 Å². The summed E-state index contributed by atoms with van der Waals surface area (Å²) < 4.78 is 5.58. The molecule has 0 spiro atoms. The van der Waals surface area contributed by atoms with E-state index in [0.29, 0.717) is 41.3 Å². The maximum Gasteiger partial charge on any atom is 0.302 e. The minimum absolute atomic E-state index is 0.0288. The summed E-state index contributed by atoms with van der Waals surface area (Å²) in [6.45, 7) is 15.6. The summed E-state index contributed by atoms with van der Waals surface area (Å²) in [5, 5.41) is 0. The molecular weight excluding hydrogens is 408 g/mol. The van der Waals surface area contributed by atoms with Crippen LogP contribution in [0.4, 0.5) is 0 Å². The Balaban J connectivity index is 1.58. The molecule has 5 unspecified atom stereocenters. The quantitative estimate of drug-likeness (QED) is 0.323. The number of rotatable bonds is 5. The van der Waals surface area contributed by atoms with Crippen LogP contribution >= 0.6 is 0 Å². The predicted octanol–water partition coefficient (Wildman–Crippen LogP) is 7.30. The Morgan fingerprint density at radius 2 is 1.79 bits per heavy atom. The molecule has 8 atom stereocenters. The maximum atomic E-state index is 13.9. The molecule has 3 heteroatoms. The highest BCUT2D eigenvalue weighted by atomic mass is 16.5. The Morgan fingerprint density at radius 1 is 1.06 bits per heavy atom. The first-order chi connectivity index (χ1) is 15.5.